The second kappa shape index (κ2) is 8.28. The smallest absolute Gasteiger partial charge is 0.224 e. The first-order valence-electron chi connectivity index (χ1n) is 10.2. The van der Waals surface area contributed by atoms with Crippen LogP contribution >= 0.6 is 11.6 Å². The topological polar surface area (TPSA) is 35.6 Å². The molecule has 5 heteroatoms. The fourth-order valence-corrected chi connectivity index (χ4v) is 4.52. The zero-order valence-corrected chi connectivity index (χ0v) is 16.3. The Morgan fingerprint density at radius 1 is 1.04 bits per heavy atom. The first kappa shape index (κ1) is 18.3. The van der Waals surface area contributed by atoms with Gasteiger partial charge in [0.1, 0.15) is 0 Å². The zero-order chi connectivity index (χ0) is 17.9. The monoisotopic (exact) mass is 375 g/mol. The van der Waals surface area contributed by atoms with Crippen LogP contribution in [0.2, 0.25) is 5.02 Å². The van der Waals surface area contributed by atoms with E-state index in [1.54, 1.807) is 0 Å². The van der Waals surface area contributed by atoms with Crippen molar-refractivity contribution in [3.05, 3.63) is 34.9 Å². The molecule has 26 heavy (non-hydrogen) atoms. The highest BCUT2D eigenvalue weighted by atomic mass is 35.5. The minimum atomic E-state index is 0.205. The summed E-state index contributed by atoms with van der Waals surface area (Å²) in [6.45, 7) is 5.41. The van der Waals surface area contributed by atoms with Gasteiger partial charge in [-0.25, -0.2) is 0 Å². The molecule has 1 unspecified atom stereocenters. The Morgan fingerprint density at radius 3 is 2.46 bits per heavy atom. The van der Waals surface area contributed by atoms with Crippen molar-refractivity contribution in [2.24, 2.45) is 5.92 Å². The lowest BCUT2D eigenvalue weighted by Crippen LogP contribution is -2.50. The molecule has 0 spiro atoms. The van der Waals surface area contributed by atoms with E-state index >= 15 is 0 Å². The fourth-order valence-electron chi connectivity index (χ4n) is 4.39. The molecule has 142 valence electrons. The van der Waals surface area contributed by atoms with Crippen molar-refractivity contribution in [2.45, 2.75) is 57.2 Å². The SMILES string of the molecule is O=C(NC1CC1)C1CCCN(C2CCN(Cc3ccc(Cl)cc3)CC2)C1. The van der Waals surface area contributed by atoms with Gasteiger partial charge in [0.2, 0.25) is 5.91 Å². The van der Waals surface area contributed by atoms with E-state index in [0.717, 1.165) is 50.6 Å². The molecule has 2 heterocycles. The van der Waals surface area contributed by atoms with Crippen LogP contribution in [0.15, 0.2) is 24.3 Å². The van der Waals surface area contributed by atoms with Gasteiger partial charge in [0.25, 0.3) is 0 Å². The predicted molar refractivity (Wildman–Crippen MR) is 105 cm³/mol. The third-order valence-electron chi connectivity index (χ3n) is 6.14. The summed E-state index contributed by atoms with van der Waals surface area (Å²) in [5.74, 6) is 0.508. The van der Waals surface area contributed by atoms with Gasteiger partial charge in [0, 0.05) is 30.2 Å². The minimum absolute atomic E-state index is 0.205. The summed E-state index contributed by atoms with van der Waals surface area (Å²) in [5, 5.41) is 4.01. The van der Waals surface area contributed by atoms with Crippen molar-refractivity contribution in [2.75, 3.05) is 26.2 Å². The Balaban J connectivity index is 1.24. The molecular formula is C21H30ClN3O. The van der Waals surface area contributed by atoms with E-state index in [4.69, 9.17) is 11.6 Å². The summed E-state index contributed by atoms with van der Waals surface area (Å²) < 4.78 is 0. The highest BCUT2D eigenvalue weighted by molar-refractivity contribution is 6.30. The van der Waals surface area contributed by atoms with Gasteiger partial charge in [0.15, 0.2) is 0 Å². The Bertz CT molecular complexity index is 608. The predicted octanol–water partition coefficient (Wildman–Crippen LogP) is 3.30. The van der Waals surface area contributed by atoms with Gasteiger partial charge in [-0.05, 0) is 75.9 Å². The summed E-state index contributed by atoms with van der Waals surface area (Å²) in [6.07, 6.45) is 7.00. The van der Waals surface area contributed by atoms with Gasteiger partial charge < -0.3 is 5.32 Å². The number of carbonyl (C=O) groups excluding carboxylic acids is 1. The molecular weight excluding hydrogens is 346 g/mol. The number of amides is 1. The van der Waals surface area contributed by atoms with Gasteiger partial charge in [0.05, 0.1) is 5.92 Å². The highest BCUT2D eigenvalue weighted by Gasteiger charge is 2.33. The molecule has 2 saturated heterocycles. The third-order valence-corrected chi connectivity index (χ3v) is 6.39. The molecule has 0 bridgehead atoms. The summed E-state index contributed by atoms with van der Waals surface area (Å²) in [5.41, 5.74) is 1.34. The van der Waals surface area contributed by atoms with Crippen LogP contribution in [0.25, 0.3) is 0 Å². The van der Waals surface area contributed by atoms with E-state index in [0.29, 0.717) is 18.0 Å². The third kappa shape index (κ3) is 4.79. The largest absolute Gasteiger partial charge is 0.353 e. The first-order valence-corrected chi connectivity index (χ1v) is 10.6. The molecule has 3 aliphatic rings. The Morgan fingerprint density at radius 2 is 1.77 bits per heavy atom. The maximum Gasteiger partial charge on any atom is 0.224 e. The van der Waals surface area contributed by atoms with Crippen molar-refractivity contribution in [3.8, 4) is 0 Å². The van der Waals surface area contributed by atoms with Crippen molar-refractivity contribution in [1.82, 2.24) is 15.1 Å². The summed E-state index contributed by atoms with van der Waals surface area (Å²) in [6, 6.07) is 9.33. The molecule has 1 N–H and O–H groups in total. The van der Waals surface area contributed by atoms with Crippen molar-refractivity contribution >= 4 is 17.5 Å². The van der Waals surface area contributed by atoms with E-state index < -0.39 is 0 Å². The zero-order valence-electron chi connectivity index (χ0n) is 15.5. The number of nitrogens with zero attached hydrogens (tertiary/aromatic N) is 2. The van der Waals surface area contributed by atoms with Crippen LogP contribution < -0.4 is 5.32 Å². The molecule has 1 aromatic rings. The van der Waals surface area contributed by atoms with Crippen LogP contribution in [0.3, 0.4) is 0 Å². The molecule has 3 fully saturated rings. The summed E-state index contributed by atoms with van der Waals surface area (Å²) >= 11 is 5.98. The van der Waals surface area contributed by atoms with Crippen LogP contribution in [-0.2, 0) is 11.3 Å². The number of rotatable bonds is 5. The maximum absolute atomic E-state index is 12.4. The normalized spacial score (nSPS) is 26.0. The van der Waals surface area contributed by atoms with E-state index in [9.17, 15) is 4.79 Å². The van der Waals surface area contributed by atoms with E-state index in [2.05, 4.69) is 27.2 Å². The molecule has 4 nitrogen and oxygen atoms in total. The second-order valence-corrected chi connectivity index (χ2v) is 8.69. The number of nitrogens with one attached hydrogen (secondary N) is 1. The van der Waals surface area contributed by atoms with Crippen molar-refractivity contribution in [3.63, 3.8) is 0 Å². The van der Waals surface area contributed by atoms with Crippen molar-refractivity contribution < 1.29 is 4.79 Å². The first-order chi connectivity index (χ1) is 12.7. The lowest BCUT2D eigenvalue weighted by Gasteiger charge is -2.42. The van der Waals surface area contributed by atoms with E-state index in [1.165, 1.54) is 31.2 Å². The Hall–Kier alpha value is -1.10. The molecule has 2 aliphatic heterocycles. The van der Waals surface area contributed by atoms with Gasteiger partial charge in [-0.2, -0.15) is 0 Å². The van der Waals surface area contributed by atoms with E-state index in [1.807, 2.05) is 12.1 Å². The molecule has 0 aromatic heterocycles. The molecule has 0 radical (unpaired) electrons. The van der Waals surface area contributed by atoms with Gasteiger partial charge in [-0.1, -0.05) is 23.7 Å². The highest BCUT2D eigenvalue weighted by Crippen LogP contribution is 2.26. The Kier molecular flexibility index (Phi) is 5.82. The summed E-state index contributed by atoms with van der Waals surface area (Å²) in [4.78, 5) is 17.5. The number of hydrogen-bond acceptors (Lipinski definition) is 3. The maximum atomic E-state index is 12.4. The van der Waals surface area contributed by atoms with Crippen LogP contribution in [0.1, 0.15) is 44.1 Å². The lowest BCUT2D eigenvalue weighted by atomic mass is 9.93. The standard InChI is InChI=1S/C21H30ClN3O/c22-18-5-3-16(4-6-18)14-24-12-9-20(10-13-24)25-11-1-2-17(15-25)21(26)23-19-7-8-19/h3-6,17,19-20H,1-2,7-15H2,(H,23,26). The van der Waals surface area contributed by atoms with Crippen LogP contribution in [-0.4, -0.2) is 54.0 Å². The number of benzene rings is 1. The van der Waals surface area contributed by atoms with Crippen LogP contribution in [0.5, 0.6) is 0 Å². The fraction of sp³-hybridized carbons (Fsp3) is 0.667. The van der Waals surface area contributed by atoms with Gasteiger partial charge >= 0.3 is 0 Å². The Labute approximate surface area is 161 Å². The van der Waals surface area contributed by atoms with Crippen molar-refractivity contribution in [1.29, 1.82) is 0 Å². The lowest BCUT2D eigenvalue weighted by molar-refractivity contribution is -0.127. The number of likely N-dealkylation sites (tertiary alicyclic amines) is 2. The molecule has 1 aliphatic carbocycles. The van der Waals surface area contributed by atoms with Gasteiger partial charge in [-0.3, -0.25) is 14.6 Å². The molecule has 1 atom stereocenters. The average molecular weight is 376 g/mol. The molecule has 1 amide bonds. The summed E-state index contributed by atoms with van der Waals surface area (Å²) in [7, 11) is 0. The number of carbonyl (C=O) groups is 1. The average Bonchev–Trinajstić information content (AvgIpc) is 3.48. The molecule has 4 rings (SSSR count). The number of hydrogen-bond donors (Lipinski definition) is 1. The van der Waals surface area contributed by atoms with Crippen LogP contribution in [0.4, 0.5) is 0 Å². The van der Waals surface area contributed by atoms with Crippen LogP contribution in [0, 0.1) is 5.92 Å². The quantitative estimate of drug-likeness (QED) is 0.857. The molecule has 1 saturated carbocycles. The molecule has 1 aromatic carbocycles. The second-order valence-electron chi connectivity index (χ2n) is 8.25. The number of piperidine rings is 2. The van der Waals surface area contributed by atoms with Gasteiger partial charge in [-0.15, -0.1) is 0 Å². The van der Waals surface area contributed by atoms with E-state index in [-0.39, 0.29) is 5.92 Å². The minimum Gasteiger partial charge on any atom is -0.353 e. The number of halogens is 1.